The molecule has 0 aliphatic carbocycles. The van der Waals surface area contributed by atoms with Gasteiger partial charge in [0.15, 0.2) is 11.5 Å². The fourth-order valence-corrected chi connectivity index (χ4v) is 5.00. The smallest absolute Gasteiger partial charge is 0.244 e. The van der Waals surface area contributed by atoms with Crippen LogP contribution in [0, 0.1) is 5.92 Å². The molecule has 11 heteroatoms. The van der Waals surface area contributed by atoms with Crippen LogP contribution in [0.2, 0.25) is 0 Å². The van der Waals surface area contributed by atoms with Crippen LogP contribution < -0.4 is 19.5 Å². The molecule has 180 valence electrons. The maximum atomic E-state index is 12.7. The highest BCUT2D eigenvalue weighted by atomic mass is 32.2. The largest absolute Gasteiger partial charge is 0.493 e. The molecule has 2 heterocycles. The van der Waals surface area contributed by atoms with Crippen LogP contribution >= 0.6 is 0 Å². The third-order valence-electron chi connectivity index (χ3n) is 5.41. The van der Waals surface area contributed by atoms with E-state index in [0.717, 1.165) is 0 Å². The maximum Gasteiger partial charge on any atom is 0.244 e. The van der Waals surface area contributed by atoms with Crippen molar-refractivity contribution in [3.8, 4) is 17.2 Å². The second-order valence-electron chi connectivity index (χ2n) is 7.57. The zero-order valence-electron chi connectivity index (χ0n) is 18.6. The highest BCUT2D eigenvalue weighted by Crippen LogP contribution is 2.36. The number of methoxy groups -OCH3 is 2. The number of rotatable bonds is 10. The Morgan fingerprint density at radius 3 is 2.42 bits per heavy atom. The van der Waals surface area contributed by atoms with Crippen LogP contribution in [0.1, 0.15) is 12.8 Å². The lowest BCUT2D eigenvalue weighted by Gasteiger charge is -2.30. The van der Waals surface area contributed by atoms with Crippen molar-refractivity contribution >= 4 is 15.9 Å². The Bertz CT molecular complexity index is 1000. The van der Waals surface area contributed by atoms with E-state index in [1.165, 1.54) is 37.0 Å². The van der Waals surface area contributed by atoms with Crippen LogP contribution in [-0.4, -0.2) is 75.3 Å². The summed E-state index contributed by atoms with van der Waals surface area (Å²) in [6.45, 7) is 0.423. The molecule has 10 nitrogen and oxygen atoms in total. The Morgan fingerprint density at radius 2 is 1.85 bits per heavy atom. The molecule has 3 rings (SSSR count). The van der Waals surface area contributed by atoms with Gasteiger partial charge in [-0.1, -0.05) is 6.07 Å². The molecule has 0 spiro atoms. The summed E-state index contributed by atoms with van der Waals surface area (Å²) >= 11 is 0. The van der Waals surface area contributed by atoms with E-state index in [2.05, 4.69) is 10.3 Å². The van der Waals surface area contributed by atoms with E-state index in [-0.39, 0.29) is 43.0 Å². The van der Waals surface area contributed by atoms with Crippen molar-refractivity contribution in [3.63, 3.8) is 0 Å². The minimum Gasteiger partial charge on any atom is -0.493 e. The number of hydrogen-bond acceptors (Lipinski definition) is 8. The first-order valence-corrected chi connectivity index (χ1v) is 12.0. The average molecular weight is 480 g/mol. The third-order valence-corrected chi connectivity index (χ3v) is 7.29. The Morgan fingerprint density at radius 1 is 1.18 bits per heavy atom. The van der Waals surface area contributed by atoms with Crippen LogP contribution in [0.25, 0.3) is 0 Å². The Labute approximate surface area is 193 Å². The zero-order valence-corrected chi connectivity index (χ0v) is 19.5. The van der Waals surface area contributed by atoms with E-state index in [9.17, 15) is 18.3 Å². The average Bonchev–Trinajstić information content (AvgIpc) is 2.86. The number of para-hydroxylation sites is 1. The van der Waals surface area contributed by atoms with Crippen LogP contribution in [-0.2, 0) is 14.8 Å². The molecule has 1 aromatic carbocycles. The van der Waals surface area contributed by atoms with Gasteiger partial charge in [-0.3, -0.25) is 9.78 Å². The molecule has 1 aromatic heterocycles. The first-order valence-electron chi connectivity index (χ1n) is 10.6. The molecule has 1 saturated heterocycles. The Kier molecular flexibility index (Phi) is 8.48. The number of benzene rings is 1. The molecule has 0 saturated carbocycles. The van der Waals surface area contributed by atoms with Gasteiger partial charge in [0.1, 0.15) is 17.6 Å². The fourth-order valence-electron chi connectivity index (χ4n) is 3.57. The SMILES string of the molecule is COc1cccc(OC)c1OCC(O)CNC(=O)C1CCN(S(=O)(=O)c2cccnc2)CC1. The highest BCUT2D eigenvalue weighted by Gasteiger charge is 2.32. The van der Waals surface area contributed by atoms with Crippen LogP contribution in [0.4, 0.5) is 0 Å². The van der Waals surface area contributed by atoms with Crippen LogP contribution in [0.15, 0.2) is 47.6 Å². The zero-order chi connectivity index (χ0) is 23.8. The van der Waals surface area contributed by atoms with Gasteiger partial charge in [-0.2, -0.15) is 4.31 Å². The van der Waals surface area contributed by atoms with Gasteiger partial charge in [-0.15, -0.1) is 0 Å². The molecule has 2 N–H and O–H groups in total. The number of amides is 1. The Hall–Kier alpha value is -2.89. The first-order chi connectivity index (χ1) is 15.9. The van der Waals surface area contributed by atoms with Gasteiger partial charge < -0.3 is 24.6 Å². The second-order valence-corrected chi connectivity index (χ2v) is 9.51. The number of ether oxygens (including phenoxy) is 3. The van der Waals surface area contributed by atoms with E-state index < -0.39 is 16.1 Å². The molecule has 1 fully saturated rings. The first kappa shape index (κ1) is 24.7. The molecule has 1 aliphatic rings. The number of aliphatic hydroxyl groups is 1. The summed E-state index contributed by atoms with van der Waals surface area (Å²) in [5.74, 6) is 0.766. The van der Waals surface area contributed by atoms with Crippen molar-refractivity contribution in [2.45, 2.75) is 23.8 Å². The van der Waals surface area contributed by atoms with E-state index in [0.29, 0.717) is 30.1 Å². The van der Waals surface area contributed by atoms with E-state index >= 15 is 0 Å². The highest BCUT2D eigenvalue weighted by molar-refractivity contribution is 7.89. The molecule has 1 aliphatic heterocycles. The lowest BCUT2D eigenvalue weighted by molar-refractivity contribution is -0.126. The summed E-state index contributed by atoms with van der Waals surface area (Å²) in [6, 6.07) is 8.27. The molecular formula is C22H29N3O7S. The lowest BCUT2D eigenvalue weighted by atomic mass is 9.97. The number of sulfonamides is 1. The number of piperidine rings is 1. The van der Waals surface area contributed by atoms with Crippen molar-refractivity contribution < 1.29 is 32.5 Å². The molecule has 33 heavy (non-hydrogen) atoms. The van der Waals surface area contributed by atoms with Gasteiger partial charge in [0, 0.05) is 37.9 Å². The van der Waals surface area contributed by atoms with E-state index in [4.69, 9.17) is 14.2 Å². The van der Waals surface area contributed by atoms with Crippen molar-refractivity contribution in [3.05, 3.63) is 42.7 Å². The second kappa shape index (κ2) is 11.3. The van der Waals surface area contributed by atoms with Crippen molar-refractivity contribution in [1.29, 1.82) is 0 Å². The fraction of sp³-hybridized carbons (Fsp3) is 0.455. The number of aliphatic hydroxyl groups excluding tert-OH is 1. The standard InChI is InChI=1S/C22H29N3O7S/c1-30-19-6-3-7-20(31-2)21(19)32-15-17(26)13-24-22(27)16-8-11-25(12-9-16)33(28,29)18-5-4-10-23-14-18/h3-7,10,14,16-17,26H,8-9,11-13,15H2,1-2H3,(H,24,27). The Balaban J connectivity index is 1.45. The number of aromatic nitrogens is 1. The van der Waals surface area contributed by atoms with Crippen LogP contribution in [0.3, 0.4) is 0 Å². The molecule has 1 amide bonds. The number of carbonyl (C=O) groups excluding carboxylic acids is 1. The molecule has 2 aromatic rings. The molecule has 0 bridgehead atoms. The summed E-state index contributed by atoms with van der Waals surface area (Å²) in [6.07, 6.45) is 2.68. The summed E-state index contributed by atoms with van der Waals surface area (Å²) in [5, 5.41) is 13.0. The summed E-state index contributed by atoms with van der Waals surface area (Å²) in [5.41, 5.74) is 0. The predicted octanol–water partition coefficient (Wildman–Crippen LogP) is 1.06. The van der Waals surface area contributed by atoms with Crippen molar-refractivity contribution in [2.24, 2.45) is 5.92 Å². The molecule has 1 unspecified atom stereocenters. The van der Waals surface area contributed by atoms with Gasteiger partial charge in [0.25, 0.3) is 0 Å². The maximum absolute atomic E-state index is 12.7. The molecular weight excluding hydrogens is 450 g/mol. The monoisotopic (exact) mass is 479 g/mol. The van der Waals surface area contributed by atoms with E-state index in [1.54, 1.807) is 24.3 Å². The normalized spacial score (nSPS) is 16.1. The van der Waals surface area contributed by atoms with Crippen LogP contribution in [0.5, 0.6) is 17.2 Å². The summed E-state index contributed by atoms with van der Waals surface area (Å²) in [4.78, 5) is 16.5. The van der Waals surface area contributed by atoms with Gasteiger partial charge in [-0.25, -0.2) is 8.42 Å². The molecule has 0 radical (unpaired) electrons. The van der Waals surface area contributed by atoms with E-state index in [1.807, 2.05) is 0 Å². The molecule has 1 atom stereocenters. The van der Waals surface area contributed by atoms with Gasteiger partial charge in [0.2, 0.25) is 21.7 Å². The topological polar surface area (TPSA) is 127 Å². The van der Waals surface area contributed by atoms with Crippen molar-refractivity contribution in [2.75, 3.05) is 40.5 Å². The van der Waals surface area contributed by atoms with Gasteiger partial charge in [0.05, 0.1) is 14.2 Å². The summed E-state index contributed by atoms with van der Waals surface area (Å²) in [7, 11) is -0.609. The van der Waals surface area contributed by atoms with Gasteiger partial charge in [-0.05, 0) is 37.1 Å². The number of pyridine rings is 1. The number of carbonyl (C=O) groups is 1. The van der Waals surface area contributed by atoms with Crippen molar-refractivity contribution in [1.82, 2.24) is 14.6 Å². The minimum atomic E-state index is -3.62. The minimum absolute atomic E-state index is 0.00446. The van der Waals surface area contributed by atoms with Gasteiger partial charge >= 0.3 is 0 Å². The number of nitrogens with one attached hydrogen (secondary N) is 1. The predicted molar refractivity (Wildman–Crippen MR) is 120 cm³/mol. The number of hydrogen-bond donors (Lipinski definition) is 2. The number of nitrogens with zero attached hydrogens (tertiary/aromatic N) is 2. The quantitative estimate of drug-likeness (QED) is 0.518. The summed E-state index contributed by atoms with van der Waals surface area (Å²) < 4.78 is 42.9. The lowest BCUT2D eigenvalue weighted by Crippen LogP contribution is -2.44. The third kappa shape index (κ3) is 6.12.